The van der Waals surface area contributed by atoms with E-state index < -0.39 is 10.0 Å². The first-order valence-electron chi connectivity index (χ1n) is 9.82. The first-order valence-corrected chi connectivity index (χ1v) is 11.3. The van der Waals surface area contributed by atoms with Crippen LogP contribution in [0.4, 0.5) is 0 Å². The lowest BCUT2D eigenvalue weighted by molar-refractivity contribution is 0.0954. The molecule has 2 aromatic carbocycles. The molecule has 1 N–H and O–H groups in total. The number of hydrogen-bond acceptors (Lipinski definition) is 3. The third-order valence-corrected chi connectivity index (χ3v) is 6.43. The Kier molecular flexibility index (Phi) is 8.20. The average molecular weight is 403 g/mol. The number of sulfonamides is 1. The predicted molar refractivity (Wildman–Crippen MR) is 113 cm³/mol. The molecule has 0 aliphatic carbocycles. The molecule has 0 saturated carbocycles. The summed E-state index contributed by atoms with van der Waals surface area (Å²) in [6.07, 6.45) is 2.28. The quantitative estimate of drug-likeness (QED) is 0.658. The van der Waals surface area contributed by atoms with Gasteiger partial charge in [0, 0.05) is 25.2 Å². The fraction of sp³-hybridized carbons (Fsp3) is 0.409. The number of aryl methyl sites for hydroxylation is 1. The molecule has 2 rings (SSSR count). The zero-order valence-corrected chi connectivity index (χ0v) is 17.8. The van der Waals surface area contributed by atoms with Crippen LogP contribution in [0, 0.1) is 6.92 Å². The Morgan fingerprint density at radius 3 is 2.04 bits per heavy atom. The van der Waals surface area contributed by atoms with E-state index in [9.17, 15) is 13.2 Å². The van der Waals surface area contributed by atoms with Crippen LogP contribution < -0.4 is 5.32 Å². The minimum atomic E-state index is -3.52. The zero-order chi connectivity index (χ0) is 20.6. The Morgan fingerprint density at radius 1 is 0.929 bits per heavy atom. The molecule has 1 amide bonds. The van der Waals surface area contributed by atoms with Gasteiger partial charge in [-0.05, 0) is 56.0 Å². The van der Waals surface area contributed by atoms with E-state index in [0.29, 0.717) is 25.2 Å². The molecule has 152 valence electrons. The van der Waals surface area contributed by atoms with Gasteiger partial charge in [-0.2, -0.15) is 4.31 Å². The van der Waals surface area contributed by atoms with E-state index in [-0.39, 0.29) is 10.8 Å². The van der Waals surface area contributed by atoms with Crippen LogP contribution in [0.1, 0.15) is 48.2 Å². The van der Waals surface area contributed by atoms with Crippen LogP contribution >= 0.6 is 0 Å². The van der Waals surface area contributed by atoms with Crippen LogP contribution in [0.15, 0.2) is 53.4 Å². The molecule has 0 radical (unpaired) electrons. The molecule has 0 aromatic heterocycles. The maximum Gasteiger partial charge on any atom is 0.251 e. The van der Waals surface area contributed by atoms with Crippen molar-refractivity contribution in [1.29, 1.82) is 0 Å². The Hall–Kier alpha value is -2.18. The summed E-state index contributed by atoms with van der Waals surface area (Å²) in [6.45, 7) is 7.49. The number of rotatable bonds is 10. The van der Waals surface area contributed by atoms with E-state index in [1.54, 1.807) is 12.1 Å². The van der Waals surface area contributed by atoms with E-state index in [1.165, 1.54) is 27.6 Å². The van der Waals surface area contributed by atoms with Crippen molar-refractivity contribution in [2.24, 2.45) is 0 Å². The molecule has 0 spiro atoms. The van der Waals surface area contributed by atoms with Crippen molar-refractivity contribution >= 4 is 15.9 Å². The van der Waals surface area contributed by atoms with Gasteiger partial charge in [0.15, 0.2) is 0 Å². The fourth-order valence-corrected chi connectivity index (χ4v) is 4.58. The largest absolute Gasteiger partial charge is 0.352 e. The van der Waals surface area contributed by atoms with Crippen molar-refractivity contribution in [2.75, 3.05) is 19.6 Å². The molecular weight excluding hydrogens is 372 g/mol. The Bertz CT molecular complexity index is 854. The van der Waals surface area contributed by atoms with Gasteiger partial charge in [-0.25, -0.2) is 8.42 Å². The van der Waals surface area contributed by atoms with Gasteiger partial charge in [-0.3, -0.25) is 4.79 Å². The summed E-state index contributed by atoms with van der Waals surface area (Å²) in [5.74, 6) is -0.199. The number of carbonyl (C=O) groups excluding carboxylic acids is 1. The van der Waals surface area contributed by atoms with Gasteiger partial charge in [0.05, 0.1) is 4.90 Å². The summed E-state index contributed by atoms with van der Waals surface area (Å²) < 4.78 is 27.0. The first-order chi connectivity index (χ1) is 13.4. The van der Waals surface area contributed by atoms with Crippen LogP contribution in [0.5, 0.6) is 0 Å². The monoisotopic (exact) mass is 402 g/mol. The highest BCUT2D eigenvalue weighted by Crippen LogP contribution is 2.17. The van der Waals surface area contributed by atoms with Crippen molar-refractivity contribution in [1.82, 2.24) is 9.62 Å². The van der Waals surface area contributed by atoms with Gasteiger partial charge in [-0.15, -0.1) is 0 Å². The minimum absolute atomic E-state index is 0.199. The lowest BCUT2D eigenvalue weighted by Gasteiger charge is -2.21. The maximum atomic E-state index is 12.8. The van der Waals surface area contributed by atoms with E-state index in [2.05, 4.69) is 29.6 Å². The van der Waals surface area contributed by atoms with E-state index in [1.807, 2.05) is 20.8 Å². The van der Waals surface area contributed by atoms with Gasteiger partial charge in [0.1, 0.15) is 0 Å². The lowest BCUT2D eigenvalue weighted by Crippen LogP contribution is -2.32. The predicted octanol–water partition coefficient (Wildman–Crippen LogP) is 3.78. The second-order valence-electron chi connectivity index (χ2n) is 6.92. The Balaban J connectivity index is 1.98. The van der Waals surface area contributed by atoms with Gasteiger partial charge in [-0.1, -0.05) is 43.7 Å². The maximum absolute atomic E-state index is 12.8. The van der Waals surface area contributed by atoms with Gasteiger partial charge in [0.2, 0.25) is 10.0 Å². The van der Waals surface area contributed by atoms with Gasteiger partial charge in [0.25, 0.3) is 5.91 Å². The van der Waals surface area contributed by atoms with E-state index in [0.717, 1.165) is 19.3 Å². The molecule has 0 saturated heterocycles. The highest BCUT2D eigenvalue weighted by Gasteiger charge is 2.23. The van der Waals surface area contributed by atoms with Gasteiger partial charge >= 0.3 is 0 Å². The first kappa shape index (κ1) is 22.1. The Morgan fingerprint density at radius 2 is 1.50 bits per heavy atom. The number of benzene rings is 2. The van der Waals surface area contributed by atoms with Crippen LogP contribution in [-0.2, 0) is 16.4 Å². The molecule has 0 aliphatic heterocycles. The molecule has 0 bridgehead atoms. The van der Waals surface area contributed by atoms with Crippen molar-refractivity contribution < 1.29 is 13.2 Å². The molecule has 0 heterocycles. The normalized spacial score (nSPS) is 11.6. The highest BCUT2D eigenvalue weighted by molar-refractivity contribution is 7.89. The molecule has 5 nitrogen and oxygen atoms in total. The van der Waals surface area contributed by atoms with E-state index in [4.69, 9.17) is 0 Å². The van der Waals surface area contributed by atoms with Gasteiger partial charge < -0.3 is 5.32 Å². The van der Waals surface area contributed by atoms with Crippen molar-refractivity contribution in [2.45, 2.75) is 44.9 Å². The summed E-state index contributed by atoms with van der Waals surface area (Å²) in [5, 5.41) is 2.88. The third kappa shape index (κ3) is 5.91. The molecule has 28 heavy (non-hydrogen) atoms. The average Bonchev–Trinajstić information content (AvgIpc) is 2.69. The molecule has 0 fully saturated rings. The number of nitrogens with one attached hydrogen (secondary N) is 1. The lowest BCUT2D eigenvalue weighted by atomic mass is 10.1. The van der Waals surface area contributed by atoms with Crippen molar-refractivity contribution in [3.8, 4) is 0 Å². The van der Waals surface area contributed by atoms with Crippen LogP contribution in [0.25, 0.3) is 0 Å². The number of hydrogen-bond donors (Lipinski definition) is 1. The number of nitrogens with zero attached hydrogens (tertiary/aromatic N) is 1. The summed E-state index contributed by atoms with van der Waals surface area (Å²) >= 11 is 0. The standard InChI is InChI=1S/C22H30N2O3S/c1-4-16-24(17-5-2)28(26,27)21-12-10-20(11-13-21)22(25)23-15-14-19-8-6-18(3)7-9-19/h6-13H,4-5,14-17H2,1-3H3,(H,23,25). The van der Waals surface area contributed by atoms with Crippen molar-refractivity contribution in [3.63, 3.8) is 0 Å². The summed E-state index contributed by atoms with van der Waals surface area (Å²) in [7, 11) is -3.52. The molecule has 6 heteroatoms. The van der Waals surface area contributed by atoms with Crippen molar-refractivity contribution in [3.05, 3.63) is 65.2 Å². The molecule has 0 unspecified atom stereocenters. The van der Waals surface area contributed by atoms with E-state index >= 15 is 0 Å². The SMILES string of the molecule is CCCN(CCC)S(=O)(=O)c1ccc(C(=O)NCCc2ccc(C)cc2)cc1. The molecule has 0 aliphatic rings. The van der Waals surface area contributed by atoms with Crippen LogP contribution in [0.3, 0.4) is 0 Å². The molecule has 0 atom stereocenters. The third-order valence-electron chi connectivity index (χ3n) is 4.52. The molecular formula is C22H30N2O3S. The second-order valence-corrected chi connectivity index (χ2v) is 8.86. The summed E-state index contributed by atoms with van der Waals surface area (Å²) in [5.41, 5.74) is 2.83. The second kappa shape index (κ2) is 10.4. The Labute approximate surface area is 168 Å². The summed E-state index contributed by atoms with van der Waals surface area (Å²) in [6, 6.07) is 14.4. The summed E-state index contributed by atoms with van der Waals surface area (Å²) in [4.78, 5) is 12.5. The minimum Gasteiger partial charge on any atom is -0.352 e. The highest BCUT2D eigenvalue weighted by atomic mass is 32.2. The topological polar surface area (TPSA) is 66.5 Å². The fourth-order valence-electron chi connectivity index (χ4n) is 2.96. The number of amides is 1. The smallest absolute Gasteiger partial charge is 0.251 e. The zero-order valence-electron chi connectivity index (χ0n) is 16.9. The van der Waals surface area contributed by atoms with Crippen LogP contribution in [-0.4, -0.2) is 38.3 Å². The van der Waals surface area contributed by atoms with Crippen LogP contribution in [0.2, 0.25) is 0 Å². The molecule has 2 aromatic rings. The number of carbonyl (C=O) groups is 1.